The van der Waals surface area contributed by atoms with Gasteiger partial charge in [0, 0.05) is 5.56 Å². The number of nitrogens with zero attached hydrogens (tertiary/aromatic N) is 2. The second-order valence-electron chi connectivity index (χ2n) is 5.27. The number of hydrogen-bond acceptors (Lipinski definition) is 4. The Morgan fingerprint density at radius 1 is 1.29 bits per heavy atom. The van der Waals surface area contributed by atoms with E-state index < -0.39 is 0 Å². The third-order valence-corrected chi connectivity index (χ3v) is 3.75. The fourth-order valence-electron chi connectivity index (χ4n) is 2.68. The summed E-state index contributed by atoms with van der Waals surface area (Å²) in [5, 5.41) is 8.18. The molecular weight excluding hydrogens is 264 g/mol. The average Bonchev–Trinajstić information content (AvgIpc) is 2.53. The molecule has 1 aromatic carbocycles. The maximum Gasteiger partial charge on any atom is 0.198 e. The maximum atomic E-state index is 12.9. The van der Waals surface area contributed by atoms with Gasteiger partial charge in [-0.1, -0.05) is 19.1 Å². The van der Waals surface area contributed by atoms with Crippen molar-refractivity contribution in [3.63, 3.8) is 0 Å². The first kappa shape index (κ1) is 13.7. The van der Waals surface area contributed by atoms with Gasteiger partial charge >= 0.3 is 0 Å². The number of benzene rings is 1. The molecule has 0 saturated carbocycles. The smallest absolute Gasteiger partial charge is 0.198 e. The van der Waals surface area contributed by atoms with Crippen molar-refractivity contribution >= 4 is 5.78 Å². The molecule has 1 aliphatic rings. The third-order valence-electron chi connectivity index (χ3n) is 3.75. The average molecular weight is 282 g/mol. The van der Waals surface area contributed by atoms with Crippen LogP contribution in [0.5, 0.6) is 5.75 Å². The predicted molar refractivity (Wildman–Crippen MR) is 79.8 cm³/mol. The molecule has 0 spiro atoms. The predicted octanol–water partition coefficient (Wildman–Crippen LogP) is 2.90. The van der Waals surface area contributed by atoms with Crippen molar-refractivity contribution in [3.8, 4) is 5.75 Å². The summed E-state index contributed by atoms with van der Waals surface area (Å²) in [6.07, 6.45) is 2.65. The number of aromatic nitrogens is 2. The number of aryl methyl sites for hydroxylation is 3. The van der Waals surface area contributed by atoms with Gasteiger partial charge in [0.05, 0.1) is 23.6 Å². The van der Waals surface area contributed by atoms with Crippen LogP contribution in [0.4, 0.5) is 0 Å². The Bertz CT molecular complexity index is 695. The zero-order valence-corrected chi connectivity index (χ0v) is 12.3. The Balaban J connectivity index is 2.09. The zero-order chi connectivity index (χ0) is 14.8. The van der Waals surface area contributed by atoms with E-state index in [-0.39, 0.29) is 5.78 Å². The molecule has 0 N–H and O–H groups in total. The van der Waals surface area contributed by atoms with Crippen LogP contribution < -0.4 is 4.74 Å². The molecule has 4 heteroatoms. The molecule has 0 amide bonds. The summed E-state index contributed by atoms with van der Waals surface area (Å²) in [7, 11) is 0. The standard InChI is InChI=1S/C17H18N2O2/c1-3-15-14(10-11(2)18-19-15)16(20)13-8-4-6-12-7-5-9-21-17(12)13/h4,6,8,10H,3,5,7,9H2,1-2H3. The normalized spacial score (nSPS) is 13.4. The van der Waals surface area contributed by atoms with E-state index in [0.717, 1.165) is 35.5 Å². The number of hydrogen-bond donors (Lipinski definition) is 0. The Kier molecular flexibility index (Phi) is 3.69. The van der Waals surface area contributed by atoms with Crippen molar-refractivity contribution in [1.82, 2.24) is 10.2 Å². The highest BCUT2D eigenvalue weighted by molar-refractivity contribution is 6.11. The summed E-state index contributed by atoms with van der Waals surface area (Å²) in [6, 6.07) is 7.61. The van der Waals surface area contributed by atoms with Crippen molar-refractivity contribution in [2.24, 2.45) is 0 Å². The lowest BCUT2D eigenvalue weighted by atomic mass is 9.95. The largest absolute Gasteiger partial charge is 0.493 e. The van der Waals surface area contributed by atoms with E-state index in [4.69, 9.17) is 4.74 Å². The van der Waals surface area contributed by atoms with Gasteiger partial charge in [-0.15, -0.1) is 0 Å². The lowest BCUT2D eigenvalue weighted by molar-refractivity contribution is 0.103. The minimum Gasteiger partial charge on any atom is -0.493 e. The summed E-state index contributed by atoms with van der Waals surface area (Å²) in [5.41, 5.74) is 3.87. The summed E-state index contributed by atoms with van der Waals surface area (Å²) in [4.78, 5) is 12.9. The monoisotopic (exact) mass is 282 g/mol. The molecule has 2 heterocycles. The first-order valence-corrected chi connectivity index (χ1v) is 7.33. The fraction of sp³-hybridized carbons (Fsp3) is 0.353. The van der Waals surface area contributed by atoms with Gasteiger partial charge in [0.15, 0.2) is 5.78 Å². The van der Waals surface area contributed by atoms with Crippen LogP contribution in [-0.2, 0) is 12.8 Å². The van der Waals surface area contributed by atoms with Crippen LogP contribution in [0.25, 0.3) is 0 Å². The van der Waals surface area contributed by atoms with Crippen molar-refractivity contribution < 1.29 is 9.53 Å². The van der Waals surface area contributed by atoms with Crippen molar-refractivity contribution in [1.29, 1.82) is 0 Å². The Morgan fingerprint density at radius 3 is 2.95 bits per heavy atom. The summed E-state index contributed by atoms with van der Waals surface area (Å²) in [5.74, 6) is 0.717. The van der Waals surface area contributed by atoms with E-state index in [1.165, 1.54) is 0 Å². The summed E-state index contributed by atoms with van der Waals surface area (Å²) < 4.78 is 5.74. The van der Waals surface area contributed by atoms with Crippen molar-refractivity contribution in [2.45, 2.75) is 33.1 Å². The molecule has 0 saturated heterocycles. The molecule has 0 aliphatic carbocycles. The number of fused-ring (bicyclic) bond motifs is 1. The van der Waals surface area contributed by atoms with Gasteiger partial charge in [0.1, 0.15) is 5.75 Å². The number of carbonyl (C=O) groups is 1. The molecular formula is C17H18N2O2. The van der Waals surface area contributed by atoms with E-state index >= 15 is 0 Å². The molecule has 0 fully saturated rings. The maximum absolute atomic E-state index is 12.9. The van der Waals surface area contributed by atoms with Crippen molar-refractivity contribution in [3.05, 3.63) is 52.3 Å². The molecule has 2 aromatic rings. The lowest BCUT2D eigenvalue weighted by Crippen LogP contribution is -2.15. The molecule has 0 radical (unpaired) electrons. The van der Waals surface area contributed by atoms with Crippen LogP contribution in [-0.4, -0.2) is 22.6 Å². The molecule has 1 aliphatic heterocycles. The minimum atomic E-state index is -0.0244. The van der Waals surface area contributed by atoms with Gasteiger partial charge in [0.25, 0.3) is 0 Å². The second-order valence-corrected chi connectivity index (χ2v) is 5.27. The topological polar surface area (TPSA) is 52.1 Å². The molecule has 3 rings (SSSR count). The second kappa shape index (κ2) is 5.64. The lowest BCUT2D eigenvalue weighted by Gasteiger charge is -2.20. The van der Waals surface area contributed by atoms with Crippen molar-refractivity contribution in [2.75, 3.05) is 6.61 Å². The van der Waals surface area contributed by atoms with E-state index in [9.17, 15) is 4.79 Å². The van der Waals surface area contributed by atoms with E-state index in [1.54, 1.807) is 0 Å². The van der Waals surface area contributed by atoms with Crippen LogP contribution in [0.3, 0.4) is 0 Å². The van der Waals surface area contributed by atoms with Crippen LogP contribution >= 0.6 is 0 Å². The number of ketones is 1. The number of para-hydroxylation sites is 1. The SMILES string of the molecule is CCc1nnc(C)cc1C(=O)c1cccc2c1OCCC2. The highest BCUT2D eigenvalue weighted by Gasteiger charge is 2.22. The molecule has 108 valence electrons. The Labute approximate surface area is 124 Å². The molecule has 1 aromatic heterocycles. The van der Waals surface area contributed by atoms with E-state index in [2.05, 4.69) is 10.2 Å². The Morgan fingerprint density at radius 2 is 2.14 bits per heavy atom. The highest BCUT2D eigenvalue weighted by atomic mass is 16.5. The van der Waals surface area contributed by atoms with Gasteiger partial charge in [-0.3, -0.25) is 4.79 Å². The van der Waals surface area contributed by atoms with Gasteiger partial charge in [-0.2, -0.15) is 10.2 Å². The van der Waals surface area contributed by atoms with E-state index in [0.29, 0.717) is 24.2 Å². The molecule has 21 heavy (non-hydrogen) atoms. The number of carbonyl (C=O) groups excluding carboxylic acids is 1. The molecule has 0 bridgehead atoms. The zero-order valence-electron chi connectivity index (χ0n) is 12.3. The van der Waals surface area contributed by atoms with E-state index in [1.807, 2.05) is 38.1 Å². The van der Waals surface area contributed by atoms with Gasteiger partial charge in [0.2, 0.25) is 0 Å². The molecule has 0 unspecified atom stereocenters. The van der Waals surface area contributed by atoms with Gasteiger partial charge < -0.3 is 4.74 Å². The van der Waals surface area contributed by atoms with Crippen LogP contribution in [0.1, 0.15) is 46.2 Å². The van der Waals surface area contributed by atoms with Gasteiger partial charge in [-0.25, -0.2) is 0 Å². The van der Waals surface area contributed by atoms with Crippen LogP contribution in [0, 0.1) is 6.92 Å². The first-order valence-electron chi connectivity index (χ1n) is 7.33. The third kappa shape index (κ3) is 2.53. The number of rotatable bonds is 3. The van der Waals surface area contributed by atoms with Gasteiger partial charge in [-0.05, 0) is 43.9 Å². The van der Waals surface area contributed by atoms with Crippen LogP contribution in [0.15, 0.2) is 24.3 Å². The fourth-order valence-corrected chi connectivity index (χ4v) is 2.68. The van der Waals surface area contributed by atoms with Crippen LogP contribution in [0.2, 0.25) is 0 Å². The Hall–Kier alpha value is -2.23. The molecule has 0 atom stereocenters. The summed E-state index contributed by atoms with van der Waals surface area (Å²) in [6.45, 7) is 4.50. The number of ether oxygens (including phenoxy) is 1. The molecule has 4 nitrogen and oxygen atoms in total. The summed E-state index contributed by atoms with van der Waals surface area (Å²) >= 11 is 0. The minimum absolute atomic E-state index is 0.0244. The quantitative estimate of drug-likeness (QED) is 0.812. The first-order chi connectivity index (χ1) is 10.2. The highest BCUT2D eigenvalue weighted by Crippen LogP contribution is 2.31.